The zero-order chi connectivity index (χ0) is 23.2. The molecule has 1 amide bonds. The summed E-state index contributed by atoms with van der Waals surface area (Å²) in [6.45, 7) is 4.07. The number of aromatic nitrogens is 2. The maximum absolute atomic E-state index is 12.8. The van der Waals surface area contributed by atoms with Gasteiger partial charge in [-0.15, -0.1) is 0 Å². The smallest absolute Gasteiger partial charge is 0.223 e. The average Bonchev–Trinajstić information content (AvgIpc) is 2.87. The Morgan fingerprint density at radius 1 is 1.03 bits per heavy atom. The highest BCUT2D eigenvalue weighted by Crippen LogP contribution is 2.27. The summed E-state index contributed by atoms with van der Waals surface area (Å²) in [5, 5.41) is 3.07. The van der Waals surface area contributed by atoms with Gasteiger partial charge in [-0.1, -0.05) is 29.8 Å². The number of nitrogens with zero attached hydrogens (tertiary/aromatic N) is 3. The summed E-state index contributed by atoms with van der Waals surface area (Å²) >= 11 is 0. The summed E-state index contributed by atoms with van der Waals surface area (Å²) in [6, 6.07) is 16.0. The number of rotatable bonds is 7. The van der Waals surface area contributed by atoms with Crippen LogP contribution in [0.2, 0.25) is 0 Å². The van der Waals surface area contributed by atoms with Gasteiger partial charge in [0, 0.05) is 48.8 Å². The quantitative estimate of drug-likeness (QED) is 0.591. The molecule has 0 saturated carbocycles. The van der Waals surface area contributed by atoms with E-state index in [4.69, 9.17) is 9.47 Å². The first-order valence-electron chi connectivity index (χ1n) is 11.2. The number of piperidine rings is 1. The maximum Gasteiger partial charge on any atom is 0.223 e. The first-order chi connectivity index (χ1) is 16.1. The molecule has 1 aromatic heterocycles. The lowest BCUT2D eigenvalue weighted by atomic mass is 9.95. The van der Waals surface area contributed by atoms with Crippen molar-refractivity contribution in [2.45, 2.75) is 26.3 Å². The zero-order valence-electron chi connectivity index (χ0n) is 19.4. The highest BCUT2D eigenvalue weighted by molar-refractivity contribution is 5.79. The molecule has 0 spiro atoms. The number of carbonyl (C=O) groups excluding carboxylic acids is 1. The molecule has 172 valence electrons. The van der Waals surface area contributed by atoms with Crippen LogP contribution in [-0.4, -0.2) is 43.2 Å². The van der Waals surface area contributed by atoms with Crippen LogP contribution in [0.3, 0.4) is 0 Å². The Labute approximate surface area is 194 Å². The number of carbonyl (C=O) groups is 1. The van der Waals surface area contributed by atoms with Crippen LogP contribution < -0.4 is 19.7 Å². The molecular formula is C26H30N4O3. The molecule has 3 aromatic rings. The molecule has 2 heterocycles. The van der Waals surface area contributed by atoms with E-state index in [9.17, 15) is 4.79 Å². The minimum absolute atomic E-state index is 0.0103. The van der Waals surface area contributed by atoms with Crippen LogP contribution in [0.1, 0.15) is 24.0 Å². The lowest BCUT2D eigenvalue weighted by Crippen LogP contribution is -2.40. The van der Waals surface area contributed by atoms with Gasteiger partial charge < -0.3 is 19.7 Å². The topological polar surface area (TPSA) is 76.6 Å². The predicted octanol–water partition coefficient (Wildman–Crippen LogP) is 4.00. The van der Waals surface area contributed by atoms with Gasteiger partial charge >= 0.3 is 0 Å². The first kappa shape index (κ1) is 22.6. The van der Waals surface area contributed by atoms with E-state index < -0.39 is 0 Å². The van der Waals surface area contributed by atoms with E-state index in [-0.39, 0.29) is 11.8 Å². The van der Waals surface area contributed by atoms with Crippen molar-refractivity contribution in [3.63, 3.8) is 0 Å². The van der Waals surface area contributed by atoms with E-state index >= 15 is 0 Å². The number of methoxy groups -OCH3 is 2. The fraction of sp³-hybridized carbons (Fsp3) is 0.346. The lowest BCUT2D eigenvalue weighted by molar-refractivity contribution is -0.125. The summed E-state index contributed by atoms with van der Waals surface area (Å²) in [5.74, 6) is 2.41. The number of hydrogen-bond acceptors (Lipinski definition) is 6. The van der Waals surface area contributed by atoms with E-state index in [1.165, 1.54) is 5.56 Å². The fourth-order valence-corrected chi connectivity index (χ4v) is 4.10. The molecule has 0 unspecified atom stereocenters. The van der Waals surface area contributed by atoms with Crippen molar-refractivity contribution >= 4 is 11.7 Å². The Morgan fingerprint density at radius 2 is 1.79 bits per heavy atom. The largest absolute Gasteiger partial charge is 0.497 e. The van der Waals surface area contributed by atoms with Gasteiger partial charge in [0.1, 0.15) is 23.6 Å². The van der Waals surface area contributed by atoms with E-state index in [2.05, 4.69) is 51.4 Å². The van der Waals surface area contributed by atoms with E-state index in [1.807, 2.05) is 24.3 Å². The zero-order valence-corrected chi connectivity index (χ0v) is 19.4. The van der Waals surface area contributed by atoms with Crippen LogP contribution in [0.15, 0.2) is 54.9 Å². The second-order valence-electron chi connectivity index (χ2n) is 8.28. The Kier molecular flexibility index (Phi) is 7.07. The van der Waals surface area contributed by atoms with Crippen molar-refractivity contribution in [2.75, 3.05) is 32.2 Å². The number of amides is 1. The van der Waals surface area contributed by atoms with Gasteiger partial charge in [0.05, 0.1) is 19.9 Å². The van der Waals surface area contributed by atoms with Gasteiger partial charge in [-0.2, -0.15) is 0 Å². The minimum Gasteiger partial charge on any atom is -0.497 e. The van der Waals surface area contributed by atoms with Gasteiger partial charge in [0.25, 0.3) is 0 Å². The molecule has 0 bridgehead atoms. The fourth-order valence-electron chi connectivity index (χ4n) is 4.10. The van der Waals surface area contributed by atoms with Crippen LogP contribution in [0.4, 0.5) is 5.82 Å². The van der Waals surface area contributed by atoms with Crippen LogP contribution in [0.25, 0.3) is 11.3 Å². The van der Waals surface area contributed by atoms with Crippen LogP contribution in [-0.2, 0) is 11.3 Å². The van der Waals surface area contributed by atoms with Gasteiger partial charge in [0.15, 0.2) is 0 Å². The monoisotopic (exact) mass is 446 g/mol. The normalized spacial score (nSPS) is 14.1. The van der Waals surface area contributed by atoms with Crippen molar-refractivity contribution in [3.8, 4) is 22.8 Å². The van der Waals surface area contributed by atoms with Crippen molar-refractivity contribution < 1.29 is 14.3 Å². The summed E-state index contributed by atoms with van der Waals surface area (Å²) in [5.41, 5.74) is 4.13. The van der Waals surface area contributed by atoms with Gasteiger partial charge in [-0.05, 0) is 31.9 Å². The second-order valence-corrected chi connectivity index (χ2v) is 8.28. The first-order valence-corrected chi connectivity index (χ1v) is 11.2. The molecule has 1 fully saturated rings. The van der Waals surface area contributed by atoms with Crippen molar-refractivity contribution in [1.29, 1.82) is 0 Å². The molecule has 1 aliphatic rings. The average molecular weight is 447 g/mol. The second kappa shape index (κ2) is 10.3. The summed E-state index contributed by atoms with van der Waals surface area (Å²) < 4.78 is 10.7. The van der Waals surface area contributed by atoms with E-state index in [0.717, 1.165) is 54.3 Å². The third kappa shape index (κ3) is 5.42. The number of hydrogen-bond donors (Lipinski definition) is 1. The summed E-state index contributed by atoms with van der Waals surface area (Å²) in [7, 11) is 3.24. The highest BCUT2D eigenvalue weighted by atomic mass is 16.5. The summed E-state index contributed by atoms with van der Waals surface area (Å²) in [6.07, 6.45) is 3.19. The standard InChI is InChI=1S/C26H30N4O3/c1-18-4-6-19(7-5-18)23-15-25(29-17-28-23)30-12-10-20(11-13-30)26(31)27-16-21-8-9-22(32-2)14-24(21)33-3/h4-9,14-15,17,20H,10-13,16H2,1-3H3,(H,27,31). The van der Waals surface area contributed by atoms with Gasteiger partial charge in [-0.3, -0.25) is 4.79 Å². The Hall–Kier alpha value is -3.61. The Balaban J connectivity index is 1.33. The maximum atomic E-state index is 12.8. The number of ether oxygens (including phenoxy) is 2. The lowest BCUT2D eigenvalue weighted by Gasteiger charge is -2.32. The molecule has 0 aliphatic carbocycles. The molecule has 0 atom stereocenters. The highest BCUT2D eigenvalue weighted by Gasteiger charge is 2.26. The summed E-state index contributed by atoms with van der Waals surface area (Å²) in [4.78, 5) is 23.9. The van der Waals surface area contributed by atoms with Crippen LogP contribution in [0, 0.1) is 12.8 Å². The van der Waals surface area contributed by atoms with E-state index in [1.54, 1.807) is 20.5 Å². The molecule has 7 heteroatoms. The van der Waals surface area contributed by atoms with Crippen molar-refractivity contribution in [3.05, 3.63) is 66.0 Å². The molecular weight excluding hydrogens is 416 g/mol. The molecule has 1 aliphatic heterocycles. The minimum atomic E-state index is -0.0103. The predicted molar refractivity (Wildman–Crippen MR) is 129 cm³/mol. The van der Waals surface area contributed by atoms with Gasteiger partial charge in [-0.25, -0.2) is 9.97 Å². The molecule has 1 N–H and O–H groups in total. The number of nitrogens with one attached hydrogen (secondary N) is 1. The third-order valence-electron chi connectivity index (χ3n) is 6.14. The Morgan fingerprint density at radius 3 is 2.48 bits per heavy atom. The molecule has 2 aromatic carbocycles. The molecule has 4 rings (SSSR count). The SMILES string of the molecule is COc1ccc(CNC(=O)C2CCN(c3cc(-c4ccc(C)cc4)ncn3)CC2)c(OC)c1. The van der Waals surface area contributed by atoms with E-state index in [0.29, 0.717) is 12.3 Å². The molecule has 1 saturated heterocycles. The number of aryl methyl sites for hydroxylation is 1. The van der Waals surface area contributed by atoms with Crippen molar-refractivity contribution in [2.24, 2.45) is 5.92 Å². The van der Waals surface area contributed by atoms with Crippen LogP contribution >= 0.6 is 0 Å². The molecule has 33 heavy (non-hydrogen) atoms. The van der Waals surface area contributed by atoms with Crippen molar-refractivity contribution in [1.82, 2.24) is 15.3 Å². The molecule has 0 radical (unpaired) electrons. The Bertz CT molecular complexity index is 1090. The third-order valence-corrected chi connectivity index (χ3v) is 6.14. The van der Waals surface area contributed by atoms with Gasteiger partial charge in [0.2, 0.25) is 5.91 Å². The number of anilines is 1. The molecule has 7 nitrogen and oxygen atoms in total. The number of benzene rings is 2. The van der Waals surface area contributed by atoms with Crippen LogP contribution in [0.5, 0.6) is 11.5 Å².